The second-order valence-corrected chi connectivity index (χ2v) is 4.68. The van der Waals surface area contributed by atoms with Crippen LogP contribution in [0.1, 0.15) is 15.9 Å². The number of carbonyl (C=O) groups is 1. The minimum atomic E-state index is -0.440. The van der Waals surface area contributed by atoms with Crippen LogP contribution in [0.2, 0.25) is 0 Å². The Labute approximate surface area is 112 Å². The van der Waals surface area contributed by atoms with Crippen LogP contribution in [0.15, 0.2) is 35.1 Å². The molecule has 0 aliphatic carbocycles. The van der Waals surface area contributed by atoms with Gasteiger partial charge >= 0.3 is 0 Å². The van der Waals surface area contributed by atoms with E-state index in [-0.39, 0.29) is 11.5 Å². The van der Waals surface area contributed by atoms with Crippen LogP contribution in [-0.4, -0.2) is 15.7 Å². The summed E-state index contributed by atoms with van der Waals surface area (Å²) in [6.07, 6.45) is 3.47. The van der Waals surface area contributed by atoms with Crippen LogP contribution in [0, 0.1) is 5.82 Å². The van der Waals surface area contributed by atoms with Crippen molar-refractivity contribution in [2.24, 2.45) is 7.05 Å². The summed E-state index contributed by atoms with van der Waals surface area (Å²) in [5.74, 6) is -0.769. The lowest BCUT2D eigenvalue weighted by molar-refractivity contribution is 0.0949. The number of aryl methyl sites for hydroxylation is 1. The van der Waals surface area contributed by atoms with E-state index >= 15 is 0 Å². The van der Waals surface area contributed by atoms with Crippen molar-refractivity contribution in [3.05, 3.63) is 52.0 Å². The molecule has 18 heavy (non-hydrogen) atoms. The molecule has 6 heteroatoms. The number of nitrogens with one attached hydrogen (secondary N) is 1. The van der Waals surface area contributed by atoms with Crippen molar-refractivity contribution < 1.29 is 9.18 Å². The van der Waals surface area contributed by atoms with Gasteiger partial charge < -0.3 is 5.32 Å². The maximum absolute atomic E-state index is 13.1. The standard InChI is InChI=1S/C12H11BrFN3O/c1-17-7-8(6-16-17)5-15-12(18)10-4-9(14)2-3-11(10)13/h2-4,6-7H,5H2,1H3,(H,15,18). The van der Waals surface area contributed by atoms with E-state index in [9.17, 15) is 9.18 Å². The fraction of sp³-hybridized carbons (Fsp3) is 0.167. The topological polar surface area (TPSA) is 46.9 Å². The van der Waals surface area contributed by atoms with E-state index in [2.05, 4.69) is 26.3 Å². The second kappa shape index (κ2) is 5.30. The Morgan fingerprint density at radius 1 is 1.56 bits per heavy atom. The van der Waals surface area contributed by atoms with Crippen LogP contribution in [0.3, 0.4) is 0 Å². The Morgan fingerprint density at radius 2 is 2.33 bits per heavy atom. The summed E-state index contributed by atoms with van der Waals surface area (Å²) in [4.78, 5) is 11.9. The molecule has 2 rings (SSSR count). The number of rotatable bonds is 3. The van der Waals surface area contributed by atoms with Crippen LogP contribution in [0.25, 0.3) is 0 Å². The zero-order valence-corrected chi connectivity index (χ0v) is 11.2. The number of carbonyl (C=O) groups excluding carboxylic acids is 1. The lowest BCUT2D eigenvalue weighted by Gasteiger charge is -2.05. The van der Waals surface area contributed by atoms with Crippen molar-refractivity contribution in [1.82, 2.24) is 15.1 Å². The van der Waals surface area contributed by atoms with Crippen LogP contribution in [-0.2, 0) is 13.6 Å². The third-order valence-electron chi connectivity index (χ3n) is 2.38. The number of halogens is 2. The Morgan fingerprint density at radius 3 is 3.00 bits per heavy atom. The maximum atomic E-state index is 13.1. The van der Waals surface area contributed by atoms with Crippen LogP contribution >= 0.6 is 15.9 Å². The molecule has 0 aliphatic heterocycles. The lowest BCUT2D eigenvalue weighted by Crippen LogP contribution is -2.23. The van der Waals surface area contributed by atoms with Gasteiger partial charge in [-0.05, 0) is 34.1 Å². The molecule has 0 radical (unpaired) electrons. The largest absolute Gasteiger partial charge is 0.348 e. The van der Waals surface area contributed by atoms with Gasteiger partial charge in [0, 0.05) is 29.8 Å². The van der Waals surface area contributed by atoms with E-state index in [1.165, 1.54) is 18.2 Å². The normalized spacial score (nSPS) is 10.4. The molecule has 2 aromatic rings. The van der Waals surface area contributed by atoms with Crippen molar-refractivity contribution in [2.75, 3.05) is 0 Å². The van der Waals surface area contributed by atoms with Crippen molar-refractivity contribution in [3.63, 3.8) is 0 Å². The molecule has 94 valence electrons. The second-order valence-electron chi connectivity index (χ2n) is 3.83. The van der Waals surface area contributed by atoms with Crippen molar-refractivity contribution in [1.29, 1.82) is 0 Å². The molecule has 0 saturated heterocycles. The predicted octanol–water partition coefficient (Wildman–Crippen LogP) is 2.25. The van der Waals surface area contributed by atoms with E-state index < -0.39 is 5.82 Å². The van der Waals surface area contributed by atoms with E-state index in [1.807, 2.05) is 0 Å². The van der Waals surface area contributed by atoms with E-state index in [0.29, 0.717) is 11.0 Å². The molecule has 4 nitrogen and oxygen atoms in total. The van der Waals surface area contributed by atoms with E-state index in [4.69, 9.17) is 0 Å². The fourth-order valence-electron chi connectivity index (χ4n) is 1.51. The summed E-state index contributed by atoms with van der Waals surface area (Å²) < 4.78 is 15.3. The zero-order chi connectivity index (χ0) is 13.1. The summed E-state index contributed by atoms with van der Waals surface area (Å²) in [5, 5.41) is 6.70. The molecule has 1 heterocycles. The quantitative estimate of drug-likeness (QED) is 0.945. The highest BCUT2D eigenvalue weighted by Gasteiger charge is 2.11. The fourth-order valence-corrected chi connectivity index (χ4v) is 1.94. The van der Waals surface area contributed by atoms with E-state index in [1.54, 1.807) is 24.1 Å². The highest BCUT2D eigenvalue weighted by molar-refractivity contribution is 9.10. The SMILES string of the molecule is Cn1cc(CNC(=O)c2cc(F)ccc2Br)cn1. The van der Waals surface area contributed by atoms with Crippen LogP contribution in [0.4, 0.5) is 4.39 Å². The van der Waals surface area contributed by atoms with Gasteiger partial charge in [0.1, 0.15) is 5.82 Å². The summed E-state index contributed by atoms with van der Waals surface area (Å²) in [6, 6.07) is 4.00. The van der Waals surface area contributed by atoms with Gasteiger partial charge in [-0.25, -0.2) is 4.39 Å². The predicted molar refractivity (Wildman–Crippen MR) is 68.5 cm³/mol. The smallest absolute Gasteiger partial charge is 0.252 e. The molecule has 0 bridgehead atoms. The first kappa shape index (κ1) is 12.8. The van der Waals surface area contributed by atoms with Crippen LogP contribution in [0.5, 0.6) is 0 Å². The number of aromatic nitrogens is 2. The van der Waals surface area contributed by atoms with Gasteiger partial charge in [0.15, 0.2) is 0 Å². The van der Waals surface area contributed by atoms with Gasteiger partial charge in [-0.2, -0.15) is 5.10 Å². The average molecular weight is 312 g/mol. The number of amides is 1. The molecule has 1 amide bonds. The number of hydrogen-bond acceptors (Lipinski definition) is 2. The first-order chi connectivity index (χ1) is 8.56. The summed E-state index contributed by atoms with van der Waals surface area (Å²) in [5.41, 5.74) is 1.16. The van der Waals surface area contributed by atoms with E-state index in [0.717, 1.165) is 5.56 Å². The molecule has 1 aromatic carbocycles. The Balaban J connectivity index is 2.05. The maximum Gasteiger partial charge on any atom is 0.252 e. The number of nitrogens with zero attached hydrogens (tertiary/aromatic N) is 2. The van der Waals surface area contributed by atoms with Gasteiger partial charge in [-0.15, -0.1) is 0 Å². The first-order valence-corrected chi connectivity index (χ1v) is 6.06. The molecular formula is C12H11BrFN3O. The third kappa shape index (κ3) is 2.95. The highest BCUT2D eigenvalue weighted by Crippen LogP contribution is 2.17. The van der Waals surface area contributed by atoms with Gasteiger partial charge in [0.2, 0.25) is 0 Å². The molecular weight excluding hydrogens is 301 g/mol. The molecule has 0 atom stereocenters. The summed E-state index contributed by atoms with van der Waals surface area (Å²) in [6.45, 7) is 0.357. The van der Waals surface area contributed by atoms with Crippen molar-refractivity contribution >= 4 is 21.8 Å². The number of benzene rings is 1. The molecule has 0 saturated carbocycles. The van der Waals surface area contributed by atoms with Gasteiger partial charge in [-0.3, -0.25) is 9.48 Å². The lowest BCUT2D eigenvalue weighted by atomic mass is 10.2. The Kier molecular flexibility index (Phi) is 3.76. The van der Waals surface area contributed by atoms with Gasteiger partial charge in [0.25, 0.3) is 5.91 Å². The first-order valence-electron chi connectivity index (χ1n) is 5.27. The minimum absolute atomic E-state index is 0.277. The third-order valence-corrected chi connectivity index (χ3v) is 3.08. The summed E-state index contributed by atoms with van der Waals surface area (Å²) in [7, 11) is 1.80. The molecule has 1 N–H and O–H groups in total. The highest BCUT2D eigenvalue weighted by atomic mass is 79.9. The van der Waals surface area contributed by atoms with Crippen LogP contribution < -0.4 is 5.32 Å². The van der Waals surface area contributed by atoms with Crippen molar-refractivity contribution in [2.45, 2.75) is 6.54 Å². The molecule has 0 aliphatic rings. The molecule has 0 spiro atoms. The summed E-state index contributed by atoms with van der Waals surface area (Å²) >= 11 is 3.22. The van der Waals surface area contributed by atoms with Gasteiger partial charge in [0.05, 0.1) is 11.8 Å². The zero-order valence-electron chi connectivity index (χ0n) is 9.65. The molecule has 0 fully saturated rings. The molecule has 1 aromatic heterocycles. The Hall–Kier alpha value is -1.69. The monoisotopic (exact) mass is 311 g/mol. The minimum Gasteiger partial charge on any atom is -0.348 e. The van der Waals surface area contributed by atoms with Crippen molar-refractivity contribution in [3.8, 4) is 0 Å². The average Bonchev–Trinajstić information content (AvgIpc) is 2.75. The molecule has 0 unspecified atom stereocenters. The Bertz CT molecular complexity index is 582. The number of hydrogen-bond donors (Lipinski definition) is 1. The van der Waals surface area contributed by atoms with Gasteiger partial charge in [-0.1, -0.05) is 0 Å².